The van der Waals surface area contributed by atoms with Crippen LogP contribution in [0.4, 0.5) is 4.39 Å². The quantitative estimate of drug-likeness (QED) is 0.807. The minimum Gasteiger partial charge on any atom is -0.394 e. The van der Waals surface area contributed by atoms with E-state index in [1.807, 2.05) is 6.92 Å². The van der Waals surface area contributed by atoms with Crippen molar-refractivity contribution in [3.05, 3.63) is 35.1 Å². The zero-order valence-electron chi connectivity index (χ0n) is 10.1. The van der Waals surface area contributed by atoms with Crippen molar-refractivity contribution < 1.29 is 9.50 Å². The zero-order valence-corrected chi connectivity index (χ0v) is 10.1. The molecule has 0 heterocycles. The molecule has 0 fully saturated rings. The summed E-state index contributed by atoms with van der Waals surface area (Å²) in [6.07, 6.45) is 0.977. The number of aliphatic hydroxyl groups excluding tert-OH is 1. The second-order valence-corrected chi connectivity index (χ2v) is 4.21. The lowest BCUT2D eigenvalue weighted by atomic mass is 10.0. The molecule has 0 aromatic heterocycles. The Morgan fingerprint density at radius 3 is 2.69 bits per heavy atom. The molecule has 90 valence electrons. The third kappa shape index (κ3) is 3.29. The number of hydrogen-bond donors (Lipinski definition) is 2. The zero-order chi connectivity index (χ0) is 12.1. The van der Waals surface area contributed by atoms with E-state index >= 15 is 0 Å². The number of nitrogens with one attached hydrogen (secondary N) is 1. The second kappa shape index (κ2) is 5.97. The van der Waals surface area contributed by atoms with Gasteiger partial charge in [0, 0.05) is 6.04 Å². The van der Waals surface area contributed by atoms with Crippen LogP contribution in [0.2, 0.25) is 0 Å². The Morgan fingerprint density at radius 2 is 2.12 bits per heavy atom. The molecule has 0 saturated heterocycles. The summed E-state index contributed by atoms with van der Waals surface area (Å²) < 4.78 is 13.2. The monoisotopic (exact) mass is 225 g/mol. The van der Waals surface area contributed by atoms with Gasteiger partial charge in [0.25, 0.3) is 0 Å². The number of hydrogen-bond acceptors (Lipinski definition) is 2. The first-order valence-electron chi connectivity index (χ1n) is 5.71. The van der Waals surface area contributed by atoms with Crippen LogP contribution >= 0.6 is 0 Å². The molecule has 0 amide bonds. The standard InChI is InChI=1S/C13H20FNO/c1-4-10(3)15-13(8-16)12-7-11(14)6-5-9(12)2/h5-7,10,13,15-16H,4,8H2,1-3H3. The molecule has 2 nitrogen and oxygen atoms in total. The van der Waals surface area contributed by atoms with Crippen LogP contribution in [0.3, 0.4) is 0 Å². The topological polar surface area (TPSA) is 32.3 Å². The van der Waals surface area contributed by atoms with E-state index in [0.29, 0.717) is 6.04 Å². The van der Waals surface area contributed by atoms with Crippen molar-refractivity contribution in [3.8, 4) is 0 Å². The van der Waals surface area contributed by atoms with E-state index in [9.17, 15) is 9.50 Å². The Balaban J connectivity index is 2.89. The first-order valence-corrected chi connectivity index (χ1v) is 5.71. The van der Waals surface area contributed by atoms with E-state index < -0.39 is 0 Å². The molecule has 0 saturated carbocycles. The van der Waals surface area contributed by atoms with Crippen LogP contribution in [0.25, 0.3) is 0 Å². The Kier molecular flexibility index (Phi) is 4.90. The van der Waals surface area contributed by atoms with Gasteiger partial charge in [0.15, 0.2) is 0 Å². The maximum Gasteiger partial charge on any atom is 0.123 e. The van der Waals surface area contributed by atoms with Gasteiger partial charge in [-0.1, -0.05) is 13.0 Å². The van der Waals surface area contributed by atoms with Crippen LogP contribution in [0, 0.1) is 12.7 Å². The van der Waals surface area contributed by atoms with Crippen LogP contribution in [-0.2, 0) is 0 Å². The van der Waals surface area contributed by atoms with E-state index in [1.54, 1.807) is 6.07 Å². The van der Waals surface area contributed by atoms with Crippen LogP contribution in [0.1, 0.15) is 37.4 Å². The summed E-state index contributed by atoms with van der Waals surface area (Å²) >= 11 is 0. The molecule has 2 N–H and O–H groups in total. The van der Waals surface area contributed by atoms with E-state index in [2.05, 4.69) is 19.2 Å². The molecule has 2 atom stereocenters. The van der Waals surface area contributed by atoms with Crippen LogP contribution in [-0.4, -0.2) is 17.8 Å². The average molecular weight is 225 g/mol. The van der Waals surface area contributed by atoms with Crippen LogP contribution in [0.15, 0.2) is 18.2 Å². The lowest BCUT2D eigenvalue weighted by Gasteiger charge is -2.22. The smallest absolute Gasteiger partial charge is 0.123 e. The van der Waals surface area contributed by atoms with Crippen molar-refractivity contribution >= 4 is 0 Å². The van der Waals surface area contributed by atoms with E-state index in [1.165, 1.54) is 12.1 Å². The third-order valence-electron chi connectivity index (χ3n) is 2.90. The van der Waals surface area contributed by atoms with Gasteiger partial charge in [0.05, 0.1) is 12.6 Å². The molecule has 0 spiro atoms. The molecule has 0 radical (unpaired) electrons. The summed E-state index contributed by atoms with van der Waals surface area (Å²) in [5, 5.41) is 12.6. The first kappa shape index (κ1) is 13.1. The van der Waals surface area contributed by atoms with Gasteiger partial charge in [-0.2, -0.15) is 0 Å². The third-order valence-corrected chi connectivity index (χ3v) is 2.90. The van der Waals surface area contributed by atoms with Crippen molar-refractivity contribution in [2.45, 2.75) is 39.3 Å². The highest BCUT2D eigenvalue weighted by Gasteiger charge is 2.15. The lowest BCUT2D eigenvalue weighted by molar-refractivity contribution is 0.233. The van der Waals surface area contributed by atoms with Gasteiger partial charge < -0.3 is 10.4 Å². The molecule has 0 aliphatic heterocycles. The minimum atomic E-state index is -0.259. The van der Waals surface area contributed by atoms with Crippen molar-refractivity contribution in [3.63, 3.8) is 0 Å². The molecular formula is C13H20FNO. The van der Waals surface area contributed by atoms with E-state index in [-0.39, 0.29) is 18.5 Å². The van der Waals surface area contributed by atoms with Gasteiger partial charge >= 0.3 is 0 Å². The largest absolute Gasteiger partial charge is 0.394 e. The highest BCUT2D eigenvalue weighted by atomic mass is 19.1. The molecular weight excluding hydrogens is 205 g/mol. The molecule has 1 aromatic carbocycles. The molecule has 16 heavy (non-hydrogen) atoms. The molecule has 0 aliphatic rings. The highest BCUT2D eigenvalue weighted by Crippen LogP contribution is 2.19. The van der Waals surface area contributed by atoms with Gasteiger partial charge in [-0.3, -0.25) is 0 Å². The Hall–Kier alpha value is -0.930. The van der Waals surface area contributed by atoms with Gasteiger partial charge in [-0.05, 0) is 43.5 Å². The first-order chi connectivity index (χ1) is 7.58. The van der Waals surface area contributed by atoms with Gasteiger partial charge in [-0.25, -0.2) is 4.39 Å². The fraction of sp³-hybridized carbons (Fsp3) is 0.538. The maximum absolute atomic E-state index is 13.2. The van der Waals surface area contributed by atoms with Gasteiger partial charge in [0.2, 0.25) is 0 Å². The van der Waals surface area contributed by atoms with E-state index in [4.69, 9.17) is 0 Å². The summed E-state index contributed by atoms with van der Waals surface area (Å²) in [5.41, 5.74) is 1.83. The molecule has 3 heteroatoms. The maximum atomic E-state index is 13.2. The van der Waals surface area contributed by atoms with Crippen molar-refractivity contribution in [1.82, 2.24) is 5.32 Å². The fourth-order valence-electron chi connectivity index (χ4n) is 1.69. The van der Waals surface area contributed by atoms with Crippen LogP contribution < -0.4 is 5.32 Å². The van der Waals surface area contributed by atoms with Crippen LogP contribution in [0.5, 0.6) is 0 Å². The molecule has 1 rings (SSSR count). The molecule has 1 aromatic rings. The number of halogens is 1. The van der Waals surface area contributed by atoms with Crippen molar-refractivity contribution in [2.75, 3.05) is 6.61 Å². The summed E-state index contributed by atoms with van der Waals surface area (Å²) in [6, 6.07) is 4.79. The van der Waals surface area contributed by atoms with Crippen molar-refractivity contribution in [2.24, 2.45) is 0 Å². The number of aryl methyl sites for hydroxylation is 1. The van der Waals surface area contributed by atoms with E-state index in [0.717, 1.165) is 17.5 Å². The fourth-order valence-corrected chi connectivity index (χ4v) is 1.69. The summed E-state index contributed by atoms with van der Waals surface area (Å²) in [4.78, 5) is 0. The second-order valence-electron chi connectivity index (χ2n) is 4.21. The predicted octanol–water partition coefficient (Wildman–Crippen LogP) is 2.56. The number of aliphatic hydroxyl groups is 1. The Bertz CT molecular complexity index is 341. The Labute approximate surface area is 96.5 Å². The average Bonchev–Trinajstić information content (AvgIpc) is 2.29. The van der Waals surface area contributed by atoms with Gasteiger partial charge in [0.1, 0.15) is 5.82 Å². The summed E-state index contributed by atoms with van der Waals surface area (Å²) in [7, 11) is 0. The lowest BCUT2D eigenvalue weighted by Crippen LogP contribution is -2.32. The number of rotatable bonds is 5. The van der Waals surface area contributed by atoms with Gasteiger partial charge in [-0.15, -0.1) is 0 Å². The normalized spacial score (nSPS) is 14.8. The molecule has 0 bridgehead atoms. The van der Waals surface area contributed by atoms with Crippen molar-refractivity contribution in [1.29, 1.82) is 0 Å². The number of benzene rings is 1. The molecule has 0 aliphatic carbocycles. The SMILES string of the molecule is CCC(C)NC(CO)c1cc(F)ccc1C. The summed E-state index contributed by atoms with van der Waals surface area (Å²) in [5.74, 6) is -0.259. The minimum absolute atomic E-state index is 0.0192. The predicted molar refractivity (Wildman–Crippen MR) is 63.9 cm³/mol. The summed E-state index contributed by atoms with van der Waals surface area (Å²) in [6.45, 7) is 6.03. The molecule has 2 unspecified atom stereocenters. The highest BCUT2D eigenvalue weighted by molar-refractivity contribution is 5.29. The Morgan fingerprint density at radius 1 is 1.44 bits per heavy atom.